The number of amides is 1. The second-order valence-electron chi connectivity index (χ2n) is 6.31. The van der Waals surface area contributed by atoms with Gasteiger partial charge in [0, 0.05) is 11.6 Å². The molecule has 0 aromatic heterocycles. The molecule has 0 saturated heterocycles. The van der Waals surface area contributed by atoms with Gasteiger partial charge in [0.25, 0.3) is 11.6 Å². The van der Waals surface area contributed by atoms with Gasteiger partial charge >= 0.3 is 5.97 Å². The molecule has 0 radical (unpaired) electrons. The molecule has 0 bridgehead atoms. The number of nitrogens with zero attached hydrogens (tertiary/aromatic N) is 1. The molecule has 2 rings (SSSR count). The van der Waals surface area contributed by atoms with Gasteiger partial charge in [0.1, 0.15) is 5.75 Å². The number of ether oxygens (including phenoxy) is 2. The van der Waals surface area contributed by atoms with Crippen LogP contribution in [0, 0.1) is 10.1 Å². The van der Waals surface area contributed by atoms with Crippen LogP contribution in [0.4, 0.5) is 5.69 Å². The number of nitro groups is 1. The molecule has 0 aliphatic heterocycles. The van der Waals surface area contributed by atoms with Crippen molar-refractivity contribution in [2.45, 2.75) is 32.4 Å². The highest BCUT2D eigenvalue weighted by Gasteiger charge is 2.27. The Morgan fingerprint density at radius 1 is 1.11 bits per heavy atom. The van der Waals surface area contributed by atoms with Crippen LogP contribution in [0.2, 0.25) is 0 Å². The first kappa shape index (κ1) is 20.9. The van der Waals surface area contributed by atoms with Crippen molar-refractivity contribution in [2.24, 2.45) is 0 Å². The summed E-state index contributed by atoms with van der Waals surface area (Å²) < 4.78 is 10.2. The van der Waals surface area contributed by atoms with Crippen molar-refractivity contribution in [2.75, 3.05) is 7.11 Å². The summed E-state index contributed by atoms with van der Waals surface area (Å²) in [5.41, 5.74) is 0.386. The number of nitrogens with one attached hydrogen (secondary N) is 1. The second-order valence-corrected chi connectivity index (χ2v) is 6.31. The average Bonchev–Trinajstić information content (AvgIpc) is 2.66. The summed E-state index contributed by atoms with van der Waals surface area (Å²) in [6, 6.07) is 11.5. The molecule has 1 atom stereocenters. The molecule has 8 heteroatoms. The van der Waals surface area contributed by atoms with Crippen LogP contribution in [-0.4, -0.2) is 30.0 Å². The maximum Gasteiger partial charge on any atom is 0.308 e. The minimum atomic E-state index is -0.914. The number of esters is 1. The van der Waals surface area contributed by atoms with E-state index in [0.29, 0.717) is 11.3 Å². The molecule has 28 heavy (non-hydrogen) atoms. The molecule has 1 amide bonds. The van der Waals surface area contributed by atoms with E-state index < -0.39 is 22.8 Å². The van der Waals surface area contributed by atoms with E-state index in [0.717, 1.165) is 0 Å². The molecule has 0 aliphatic rings. The Bertz CT molecular complexity index is 848. The monoisotopic (exact) mass is 386 g/mol. The Kier molecular flexibility index (Phi) is 7.08. The van der Waals surface area contributed by atoms with Gasteiger partial charge in [-0.1, -0.05) is 18.2 Å². The molecule has 0 spiro atoms. The number of hydrogen-bond donors (Lipinski definition) is 1. The zero-order valence-corrected chi connectivity index (χ0v) is 15.9. The van der Waals surface area contributed by atoms with Gasteiger partial charge in [0.15, 0.2) is 0 Å². The van der Waals surface area contributed by atoms with E-state index in [1.165, 1.54) is 25.3 Å². The summed E-state index contributed by atoms with van der Waals surface area (Å²) in [7, 11) is 1.51. The highest BCUT2D eigenvalue weighted by Crippen LogP contribution is 2.28. The van der Waals surface area contributed by atoms with Crippen LogP contribution in [-0.2, 0) is 9.53 Å². The van der Waals surface area contributed by atoms with Crippen LogP contribution in [0.3, 0.4) is 0 Å². The van der Waals surface area contributed by atoms with Crippen molar-refractivity contribution in [3.63, 3.8) is 0 Å². The summed E-state index contributed by atoms with van der Waals surface area (Å²) in [5.74, 6) is -0.441. The molecular weight excluding hydrogens is 364 g/mol. The van der Waals surface area contributed by atoms with Crippen LogP contribution < -0.4 is 10.1 Å². The molecular formula is C20H22N2O6. The predicted octanol–water partition coefficient (Wildman–Crippen LogP) is 3.42. The number of hydrogen-bond acceptors (Lipinski definition) is 6. The second kappa shape index (κ2) is 9.50. The molecule has 1 N–H and O–H groups in total. The normalized spacial score (nSPS) is 11.6. The maximum absolute atomic E-state index is 12.6. The minimum absolute atomic E-state index is 0.181. The number of benzene rings is 2. The van der Waals surface area contributed by atoms with Gasteiger partial charge in [0.2, 0.25) is 0 Å². The van der Waals surface area contributed by atoms with Crippen LogP contribution in [0.5, 0.6) is 5.75 Å². The van der Waals surface area contributed by atoms with Crippen molar-refractivity contribution in [1.82, 2.24) is 5.32 Å². The van der Waals surface area contributed by atoms with Gasteiger partial charge in [-0.15, -0.1) is 0 Å². The van der Waals surface area contributed by atoms with Gasteiger partial charge in [-0.2, -0.15) is 0 Å². The molecule has 0 heterocycles. The Balaban J connectivity index is 2.31. The van der Waals surface area contributed by atoms with E-state index in [9.17, 15) is 19.7 Å². The van der Waals surface area contributed by atoms with Crippen molar-refractivity contribution >= 4 is 17.6 Å². The lowest BCUT2D eigenvalue weighted by Crippen LogP contribution is -2.31. The molecule has 0 saturated carbocycles. The Hall–Kier alpha value is -3.42. The maximum atomic E-state index is 12.6. The lowest BCUT2D eigenvalue weighted by atomic mass is 10.0. The van der Waals surface area contributed by atoms with Crippen molar-refractivity contribution in [3.05, 3.63) is 69.8 Å². The third-order valence-electron chi connectivity index (χ3n) is 3.90. The Morgan fingerprint density at radius 3 is 2.32 bits per heavy atom. The quantitative estimate of drug-likeness (QED) is 0.423. The van der Waals surface area contributed by atoms with Gasteiger partial charge in [-0.3, -0.25) is 19.7 Å². The number of para-hydroxylation sites is 1. The number of methoxy groups -OCH3 is 1. The van der Waals surface area contributed by atoms with Gasteiger partial charge < -0.3 is 14.8 Å². The highest BCUT2D eigenvalue weighted by molar-refractivity contribution is 5.95. The van der Waals surface area contributed by atoms with E-state index in [4.69, 9.17) is 9.47 Å². The fourth-order valence-electron chi connectivity index (χ4n) is 2.65. The van der Waals surface area contributed by atoms with E-state index in [1.807, 2.05) is 0 Å². The number of carbonyl (C=O) groups excluding carboxylic acids is 2. The van der Waals surface area contributed by atoms with E-state index in [1.54, 1.807) is 44.2 Å². The molecule has 2 aromatic carbocycles. The van der Waals surface area contributed by atoms with Crippen LogP contribution in [0.25, 0.3) is 0 Å². The number of rotatable bonds is 8. The Labute approximate surface area is 162 Å². The van der Waals surface area contributed by atoms with Crippen LogP contribution >= 0.6 is 0 Å². The summed E-state index contributed by atoms with van der Waals surface area (Å²) in [6.45, 7) is 3.40. The molecule has 8 nitrogen and oxygen atoms in total. The van der Waals surface area contributed by atoms with E-state index in [2.05, 4.69) is 5.32 Å². The molecule has 0 fully saturated rings. The van der Waals surface area contributed by atoms with Gasteiger partial charge in [-0.05, 0) is 38.1 Å². The fourth-order valence-corrected chi connectivity index (χ4v) is 2.65. The number of nitro benzene ring substituents is 1. The molecule has 1 unspecified atom stereocenters. The van der Waals surface area contributed by atoms with E-state index in [-0.39, 0.29) is 23.8 Å². The number of carbonyl (C=O) groups is 2. The fraction of sp³-hybridized carbons (Fsp3) is 0.300. The highest BCUT2D eigenvalue weighted by atomic mass is 16.6. The first-order chi connectivity index (χ1) is 13.3. The largest absolute Gasteiger partial charge is 0.497 e. The zero-order chi connectivity index (χ0) is 20.7. The topological polar surface area (TPSA) is 108 Å². The SMILES string of the molecule is COc1ccc(C(=O)NC(CC(=O)OC(C)C)c2ccccc2[N+](=O)[O-])cc1. The summed E-state index contributed by atoms with van der Waals surface area (Å²) >= 11 is 0. The van der Waals surface area contributed by atoms with E-state index >= 15 is 0 Å². The predicted molar refractivity (Wildman–Crippen MR) is 102 cm³/mol. The third kappa shape index (κ3) is 5.54. The van der Waals surface area contributed by atoms with Crippen molar-refractivity contribution in [1.29, 1.82) is 0 Å². The molecule has 148 valence electrons. The zero-order valence-electron chi connectivity index (χ0n) is 15.9. The van der Waals surface area contributed by atoms with Crippen LogP contribution in [0.1, 0.15) is 42.2 Å². The molecule has 0 aliphatic carbocycles. The standard InChI is InChI=1S/C20H22N2O6/c1-13(2)28-19(23)12-17(16-6-4-5-7-18(16)22(25)26)21-20(24)14-8-10-15(27-3)11-9-14/h4-11,13,17H,12H2,1-3H3,(H,21,24). The van der Waals surface area contributed by atoms with Crippen LogP contribution in [0.15, 0.2) is 48.5 Å². The lowest BCUT2D eigenvalue weighted by molar-refractivity contribution is -0.385. The van der Waals surface area contributed by atoms with Crippen molar-refractivity contribution in [3.8, 4) is 5.75 Å². The smallest absolute Gasteiger partial charge is 0.308 e. The average molecular weight is 386 g/mol. The first-order valence-electron chi connectivity index (χ1n) is 8.69. The first-order valence-corrected chi connectivity index (χ1v) is 8.69. The molecule has 2 aromatic rings. The van der Waals surface area contributed by atoms with Gasteiger partial charge in [-0.25, -0.2) is 0 Å². The lowest BCUT2D eigenvalue weighted by Gasteiger charge is -2.19. The third-order valence-corrected chi connectivity index (χ3v) is 3.90. The summed E-state index contributed by atoms with van der Waals surface area (Å²) in [4.78, 5) is 35.6. The summed E-state index contributed by atoms with van der Waals surface area (Å²) in [6.07, 6.45) is -0.568. The van der Waals surface area contributed by atoms with Crippen molar-refractivity contribution < 1.29 is 24.0 Å². The Morgan fingerprint density at radius 2 is 1.75 bits per heavy atom. The van der Waals surface area contributed by atoms with Gasteiger partial charge in [0.05, 0.1) is 36.2 Å². The summed E-state index contributed by atoms with van der Waals surface area (Å²) in [5, 5.41) is 14.1. The minimum Gasteiger partial charge on any atom is -0.497 e.